The van der Waals surface area contributed by atoms with Crippen molar-refractivity contribution in [3.8, 4) is 0 Å². The fraction of sp³-hybridized carbons (Fsp3) is 0.517. The third-order valence-electron chi connectivity index (χ3n) is 8.34. The number of rotatable bonds is 7. The van der Waals surface area contributed by atoms with E-state index in [1.807, 2.05) is 18.2 Å². The van der Waals surface area contributed by atoms with Gasteiger partial charge in [-0.25, -0.2) is 12.8 Å². The summed E-state index contributed by atoms with van der Waals surface area (Å²) in [6.45, 7) is 13.8. The van der Waals surface area contributed by atoms with E-state index in [0.717, 1.165) is 47.9 Å². The lowest BCUT2D eigenvalue weighted by Crippen LogP contribution is -2.42. The number of halogens is 1. The van der Waals surface area contributed by atoms with Gasteiger partial charge in [-0.1, -0.05) is 58.0 Å². The van der Waals surface area contributed by atoms with Gasteiger partial charge in [0.25, 0.3) is 0 Å². The van der Waals surface area contributed by atoms with Gasteiger partial charge in [0.2, 0.25) is 0 Å². The van der Waals surface area contributed by atoms with Gasteiger partial charge in [-0.2, -0.15) is 0 Å². The van der Waals surface area contributed by atoms with Crippen LogP contribution in [-0.2, 0) is 20.7 Å². The summed E-state index contributed by atoms with van der Waals surface area (Å²) in [6, 6.07) is 12.7. The molecule has 0 fully saturated rings. The summed E-state index contributed by atoms with van der Waals surface area (Å²) in [4.78, 5) is 0.0648. The van der Waals surface area contributed by atoms with Gasteiger partial charge >= 0.3 is 0 Å². The Hall–Kier alpha value is -1.96. The molecule has 196 valence electrons. The van der Waals surface area contributed by atoms with Gasteiger partial charge in [0.15, 0.2) is 18.2 Å². The van der Waals surface area contributed by atoms with Crippen LogP contribution >= 0.6 is 0 Å². The molecule has 4 rings (SSSR count). The van der Waals surface area contributed by atoms with Gasteiger partial charge in [-0.05, 0) is 73.0 Å². The van der Waals surface area contributed by atoms with Crippen molar-refractivity contribution in [1.82, 2.24) is 4.57 Å². The van der Waals surface area contributed by atoms with E-state index < -0.39 is 24.0 Å². The van der Waals surface area contributed by atoms with E-state index in [-0.39, 0.29) is 21.9 Å². The van der Waals surface area contributed by atoms with Crippen molar-refractivity contribution in [2.24, 2.45) is 0 Å². The monoisotopic (exact) mass is 529 g/mol. The number of hydrogen-bond donors (Lipinski definition) is 0. The third kappa shape index (κ3) is 4.94. The van der Waals surface area contributed by atoms with Crippen LogP contribution in [0, 0.1) is 5.82 Å². The Bertz CT molecular complexity index is 1360. The molecular formula is C29H40FNO3SSi. The molecule has 3 aromatic rings. The molecule has 2 aromatic carbocycles. The number of aryl methyl sites for hydroxylation is 1. The highest BCUT2D eigenvalue weighted by Gasteiger charge is 2.39. The molecule has 0 saturated heterocycles. The Kier molecular flexibility index (Phi) is 7.32. The first-order chi connectivity index (χ1) is 16.8. The zero-order valence-corrected chi connectivity index (χ0v) is 24.5. The third-order valence-corrected chi connectivity index (χ3v) is 13.9. The lowest BCUT2D eigenvalue weighted by Gasteiger charge is -2.38. The second-order valence-electron chi connectivity index (χ2n) is 11.8. The van der Waals surface area contributed by atoms with Crippen LogP contribution in [0.15, 0.2) is 47.4 Å². The summed E-state index contributed by atoms with van der Waals surface area (Å²) >= 11 is 0. The lowest BCUT2D eigenvalue weighted by atomic mass is 9.85. The molecule has 1 aliphatic rings. The predicted octanol–water partition coefficient (Wildman–Crippen LogP) is 7.63. The van der Waals surface area contributed by atoms with Crippen molar-refractivity contribution in [2.75, 3.05) is 12.9 Å². The van der Waals surface area contributed by atoms with Crippen LogP contribution in [0.1, 0.15) is 75.7 Å². The number of hydrogen-bond acceptors (Lipinski definition) is 3. The molecule has 4 nitrogen and oxygen atoms in total. The SMILES string of the molecule is CC[C@H]1CCCc2c1n([C@@H](CO[Si](C)(C)C(C)(C)C)c1ccccc1)c1c(S(C)(=O)=O)cc(F)cc21. The van der Waals surface area contributed by atoms with E-state index >= 15 is 0 Å². The molecule has 1 heterocycles. The van der Waals surface area contributed by atoms with Crippen LogP contribution in [0.2, 0.25) is 18.1 Å². The van der Waals surface area contributed by atoms with Crippen LogP contribution in [0.5, 0.6) is 0 Å². The average Bonchev–Trinajstić information content (AvgIpc) is 3.12. The topological polar surface area (TPSA) is 48.3 Å². The zero-order chi connectivity index (χ0) is 26.5. The van der Waals surface area contributed by atoms with Crippen molar-refractivity contribution < 1.29 is 17.2 Å². The number of benzene rings is 2. The van der Waals surface area contributed by atoms with E-state index in [1.165, 1.54) is 18.4 Å². The summed E-state index contributed by atoms with van der Waals surface area (Å²) < 4.78 is 49.9. The van der Waals surface area contributed by atoms with Gasteiger partial charge in [0, 0.05) is 17.3 Å². The zero-order valence-electron chi connectivity index (χ0n) is 22.7. The van der Waals surface area contributed by atoms with Gasteiger partial charge in [-0.3, -0.25) is 0 Å². The van der Waals surface area contributed by atoms with Crippen LogP contribution in [0.4, 0.5) is 4.39 Å². The first-order valence-corrected chi connectivity index (χ1v) is 17.8. The summed E-state index contributed by atoms with van der Waals surface area (Å²) in [6.07, 6.45) is 5.02. The molecule has 1 aromatic heterocycles. The molecule has 1 aliphatic carbocycles. The van der Waals surface area contributed by atoms with E-state index in [4.69, 9.17) is 4.43 Å². The molecule has 0 saturated carbocycles. The molecule has 0 spiro atoms. The summed E-state index contributed by atoms with van der Waals surface area (Å²) in [5.41, 5.74) is 3.94. The van der Waals surface area contributed by atoms with Gasteiger partial charge < -0.3 is 8.99 Å². The van der Waals surface area contributed by atoms with Crippen molar-refractivity contribution in [2.45, 2.75) is 88.4 Å². The molecule has 0 amide bonds. The molecule has 0 aliphatic heterocycles. The average molecular weight is 530 g/mol. The maximum absolute atomic E-state index is 14.9. The van der Waals surface area contributed by atoms with E-state index in [2.05, 4.69) is 57.5 Å². The summed E-state index contributed by atoms with van der Waals surface area (Å²) in [5.74, 6) is -0.217. The standard InChI is InChI=1S/C29H40FNO3SSi/c1-8-20-15-12-16-23-24-17-22(30)18-26(35(5,32)33)28(24)31(27(20)23)25(21-13-10-9-11-14-21)19-34-36(6,7)29(2,3)4/h9-11,13-14,17-18,20,25H,8,12,15-16,19H2,1-7H3/t20-,25-/m0/s1. The largest absolute Gasteiger partial charge is 0.414 e. The summed E-state index contributed by atoms with van der Waals surface area (Å²) in [5, 5.41) is 0.774. The van der Waals surface area contributed by atoms with Crippen molar-refractivity contribution in [3.63, 3.8) is 0 Å². The minimum absolute atomic E-state index is 0.0411. The lowest BCUT2D eigenvalue weighted by molar-refractivity contribution is 0.246. The molecule has 7 heteroatoms. The Labute approximate surface area is 216 Å². The molecule has 2 atom stereocenters. The predicted molar refractivity (Wildman–Crippen MR) is 149 cm³/mol. The van der Waals surface area contributed by atoms with Gasteiger partial charge in [-0.15, -0.1) is 0 Å². The second kappa shape index (κ2) is 9.73. The Morgan fingerprint density at radius 3 is 2.42 bits per heavy atom. The fourth-order valence-electron chi connectivity index (χ4n) is 5.33. The van der Waals surface area contributed by atoms with Gasteiger partial charge in [0.1, 0.15) is 5.82 Å². The number of sulfone groups is 1. The molecule has 0 unspecified atom stereocenters. The highest BCUT2D eigenvalue weighted by molar-refractivity contribution is 7.91. The molecule has 0 bridgehead atoms. The molecule has 0 radical (unpaired) electrons. The van der Waals surface area contributed by atoms with Crippen LogP contribution in [-0.4, -0.2) is 34.2 Å². The highest BCUT2D eigenvalue weighted by Crippen LogP contribution is 2.45. The first kappa shape index (κ1) is 27.1. The van der Waals surface area contributed by atoms with Crippen molar-refractivity contribution in [1.29, 1.82) is 0 Å². The van der Waals surface area contributed by atoms with Crippen LogP contribution < -0.4 is 0 Å². The number of nitrogens with zero attached hydrogens (tertiary/aromatic N) is 1. The highest BCUT2D eigenvalue weighted by atomic mass is 32.2. The van der Waals surface area contributed by atoms with Crippen LogP contribution in [0.3, 0.4) is 0 Å². The van der Waals surface area contributed by atoms with E-state index in [9.17, 15) is 12.8 Å². The molecular weight excluding hydrogens is 489 g/mol. The maximum Gasteiger partial charge on any atom is 0.192 e. The Balaban J connectivity index is 2.06. The quantitative estimate of drug-likeness (QED) is 0.296. The Morgan fingerprint density at radius 1 is 1.17 bits per heavy atom. The van der Waals surface area contributed by atoms with Crippen LogP contribution in [0.25, 0.3) is 10.9 Å². The smallest absolute Gasteiger partial charge is 0.192 e. The minimum Gasteiger partial charge on any atom is -0.414 e. The second-order valence-corrected chi connectivity index (χ2v) is 18.6. The Morgan fingerprint density at radius 2 is 1.83 bits per heavy atom. The normalized spacial score (nSPS) is 17.8. The van der Waals surface area contributed by atoms with Gasteiger partial charge in [0.05, 0.1) is 23.1 Å². The van der Waals surface area contributed by atoms with E-state index in [0.29, 0.717) is 12.1 Å². The number of fused-ring (bicyclic) bond motifs is 3. The summed E-state index contributed by atoms with van der Waals surface area (Å²) in [7, 11) is -5.77. The molecule has 0 N–H and O–H groups in total. The fourth-order valence-corrected chi connectivity index (χ4v) is 7.22. The van der Waals surface area contributed by atoms with E-state index in [1.54, 1.807) is 0 Å². The number of aromatic nitrogens is 1. The maximum atomic E-state index is 14.9. The molecule has 36 heavy (non-hydrogen) atoms. The van der Waals surface area contributed by atoms with Crippen molar-refractivity contribution in [3.05, 3.63) is 65.1 Å². The minimum atomic E-state index is -3.67. The van der Waals surface area contributed by atoms with Crippen molar-refractivity contribution >= 4 is 29.1 Å². The first-order valence-electron chi connectivity index (χ1n) is 13.0.